The van der Waals surface area contributed by atoms with E-state index >= 15 is 0 Å². The van der Waals surface area contributed by atoms with Gasteiger partial charge in [-0.25, -0.2) is 8.42 Å². The third-order valence-corrected chi connectivity index (χ3v) is 3.89. The van der Waals surface area contributed by atoms with Crippen LogP contribution in [-0.4, -0.2) is 40.0 Å². The van der Waals surface area contributed by atoms with Gasteiger partial charge in [-0.15, -0.1) is 0 Å². The molecule has 0 aliphatic rings. The first-order valence-corrected chi connectivity index (χ1v) is 6.22. The lowest BCUT2D eigenvalue weighted by Crippen LogP contribution is -2.26. The van der Waals surface area contributed by atoms with Crippen molar-refractivity contribution in [1.29, 1.82) is 0 Å². The predicted molar refractivity (Wildman–Crippen MR) is 61.8 cm³/mol. The standard InChI is InChI=1S/C10H14N2O4S/c1-11-10(13)8-5-4-6-9(7-8)17(14,15)12(2)16-3/h4-7H,1-3H3,(H,11,13). The number of carbonyl (C=O) groups excluding carboxylic acids is 1. The van der Waals surface area contributed by atoms with Gasteiger partial charge in [-0.05, 0) is 18.2 Å². The first kappa shape index (κ1) is 13.6. The molecule has 0 heterocycles. The Bertz CT molecular complexity index is 513. The van der Waals surface area contributed by atoms with Crippen molar-refractivity contribution < 1.29 is 18.0 Å². The second-order valence-electron chi connectivity index (χ2n) is 3.20. The highest BCUT2D eigenvalue weighted by Gasteiger charge is 2.21. The zero-order valence-electron chi connectivity index (χ0n) is 9.80. The number of sulfonamides is 1. The summed E-state index contributed by atoms with van der Waals surface area (Å²) in [6.45, 7) is 0. The lowest BCUT2D eigenvalue weighted by Gasteiger charge is -2.14. The quantitative estimate of drug-likeness (QED) is 0.784. The number of hydroxylamine groups is 1. The summed E-state index contributed by atoms with van der Waals surface area (Å²) in [7, 11) is 0.285. The van der Waals surface area contributed by atoms with Crippen molar-refractivity contribution in [2.45, 2.75) is 4.90 Å². The molecule has 0 saturated carbocycles. The fraction of sp³-hybridized carbons (Fsp3) is 0.300. The van der Waals surface area contributed by atoms with Crippen LogP contribution in [0.25, 0.3) is 0 Å². The highest BCUT2D eigenvalue weighted by Crippen LogP contribution is 2.15. The molecule has 1 rings (SSSR count). The molecule has 17 heavy (non-hydrogen) atoms. The molecule has 1 aromatic rings. The lowest BCUT2D eigenvalue weighted by atomic mass is 10.2. The Morgan fingerprint density at radius 3 is 2.59 bits per heavy atom. The van der Waals surface area contributed by atoms with Gasteiger partial charge in [-0.1, -0.05) is 10.5 Å². The van der Waals surface area contributed by atoms with Crippen LogP contribution in [0.1, 0.15) is 10.4 Å². The van der Waals surface area contributed by atoms with Gasteiger partial charge in [0.1, 0.15) is 0 Å². The first-order valence-electron chi connectivity index (χ1n) is 4.78. The van der Waals surface area contributed by atoms with E-state index in [1.807, 2.05) is 0 Å². The van der Waals surface area contributed by atoms with Gasteiger partial charge < -0.3 is 5.32 Å². The highest BCUT2D eigenvalue weighted by molar-refractivity contribution is 7.89. The van der Waals surface area contributed by atoms with Crippen LogP contribution in [0, 0.1) is 0 Å². The molecule has 0 aromatic heterocycles. The summed E-state index contributed by atoms with van der Waals surface area (Å²) in [6.07, 6.45) is 0. The van der Waals surface area contributed by atoms with Crippen molar-refractivity contribution in [3.8, 4) is 0 Å². The topological polar surface area (TPSA) is 75.7 Å². The molecule has 6 nitrogen and oxygen atoms in total. The van der Waals surface area contributed by atoms with E-state index in [9.17, 15) is 13.2 Å². The number of amides is 1. The summed E-state index contributed by atoms with van der Waals surface area (Å²) in [5, 5.41) is 2.42. The minimum absolute atomic E-state index is 0.00273. The largest absolute Gasteiger partial charge is 0.355 e. The molecule has 0 aliphatic carbocycles. The SMILES string of the molecule is CNC(=O)c1cccc(S(=O)(=O)N(C)OC)c1. The van der Waals surface area contributed by atoms with Crippen molar-refractivity contribution >= 4 is 15.9 Å². The van der Waals surface area contributed by atoms with E-state index in [2.05, 4.69) is 10.2 Å². The van der Waals surface area contributed by atoms with E-state index in [1.54, 1.807) is 0 Å². The van der Waals surface area contributed by atoms with Gasteiger partial charge in [0, 0.05) is 19.7 Å². The maximum atomic E-state index is 11.9. The summed E-state index contributed by atoms with van der Waals surface area (Å²) in [5.41, 5.74) is 0.276. The molecule has 1 N–H and O–H groups in total. The number of nitrogens with zero attached hydrogens (tertiary/aromatic N) is 1. The fourth-order valence-corrected chi connectivity index (χ4v) is 2.21. The van der Waals surface area contributed by atoms with Crippen LogP contribution in [-0.2, 0) is 14.9 Å². The smallest absolute Gasteiger partial charge is 0.264 e. The van der Waals surface area contributed by atoms with Crippen LogP contribution < -0.4 is 5.32 Å². The number of carbonyl (C=O) groups is 1. The summed E-state index contributed by atoms with van der Waals surface area (Å²) >= 11 is 0. The van der Waals surface area contributed by atoms with E-state index in [0.29, 0.717) is 0 Å². The molecule has 94 valence electrons. The molecule has 1 amide bonds. The van der Waals surface area contributed by atoms with E-state index < -0.39 is 10.0 Å². The van der Waals surface area contributed by atoms with Crippen molar-refractivity contribution in [1.82, 2.24) is 9.79 Å². The van der Waals surface area contributed by atoms with Gasteiger partial charge in [0.15, 0.2) is 0 Å². The lowest BCUT2D eigenvalue weighted by molar-refractivity contribution is -0.0258. The van der Waals surface area contributed by atoms with E-state index in [1.165, 1.54) is 45.5 Å². The van der Waals surface area contributed by atoms with Crippen LogP contribution >= 0.6 is 0 Å². The zero-order valence-corrected chi connectivity index (χ0v) is 10.6. The van der Waals surface area contributed by atoms with E-state index in [0.717, 1.165) is 4.47 Å². The monoisotopic (exact) mass is 258 g/mol. The molecule has 0 fully saturated rings. The van der Waals surface area contributed by atoms with Gasteiger partial charge in [0.25, 0.3) is 15.9 Å². The maximum absolute atomic E-state index is 11.9. The molecule has 0 radical (unpaired) electrons. The number of hydrogen-bond donors (Lipinski definition) is 1. The van der Waals surface area contributed by atoms with Crippen LogP contribution in [0.2, 0.25) is 0 Å². The average Bonchev–Trinajstić information content (AvgIpc) is 2.36. The molecule has 0 bridgehead atoms. The summed E-state index contributed by atoms with van der Waals surface area (Å²) < 4.78 is 24.5. The Kier molecular flexibility index (Phi) is 4.22. The second-order valence-corrected chi connectivity index (χ2v) is 5.14. The Hall–Kier alpha value is -1.44. The van der Waals surface area contributed by atoms with Crippen LogP contribution in [0.4, 0.5) is 0 Å². The van der Waals surface area contributed by atoms with Gasteiger partial charge in [-0.3, -0.25) is 9.63 Å². The summed E-state index contributed by atoms with van der Waals surface area (Å²) in [5.74, 6) is -0.345. The zero-order chi connectivity index (χ0) is 13.1. The van der Waals surface area contributed by atoms with Crippen molar-refractivity contribution in [2.75, 3.05) is 21.2 Å². The van der Waals surface area contributed by atoms with Crippen LogP contribution in [0.5, 0.6) is 0 Å². The Balaban J connectivity index is 3.21. The Morgan fingerprint density at radius 1 is 1.41 bits per heavy atom. The van der Waals surface area contributed by atoms with Crippen molar-refractivity contribution in [3.63, 3.8) is 0 Å². The number of hydrogen-bond acceptors (Lipinski definition) is 4. The van der Waals surface area contributed by atoms with Crippen LogP contribution in [0.15, 0.2) is 29.2 Å². The van der Waals surface area contributed by atoms with Crippen molar-refractivity contribution in [3.05, 3.63) is 29.8 Å². The molecule has 1 aromatic carbocycles. The molecular weight excluding hydrogens is 244 g/mol. The first-order chi connectivity index (χ1) is 7.93. The van der Waals surface area contributed by atoms with Crippen LogP contribution in [0.3, 0.4) is 0 Å². The summed E-state index contributed by atoms with van der Waals surface area (Å²) in [4.78, 5) is 16.0. The molecule has 0 aliphatic heterocycles. The Morgan fingerprint density at radius 2 is 2.06 bits per heavy atom. The third kappa shape index (κ3) is 2.82. The number of nitrogens with one attached hydrogen (secondary N) is 1. The molecule has 0 atom stereocenters. The fourth-order valence-electron chi connectivity index (χ4n) is 1.19. The van der Waals surface area contributed by atoms with Gasteiger partial charge in [0.2, 0.25) is 0 Å². The minimum Gasteiger partial charge on any atom is -0.355 e. The van der Waals surface area contributed by atoms with Gasteiger partial charge in [0.05, 0.1) is 12.0 Å². The molecule has 0 saturated heterocycles. The molecule has 7 heteroatoms. The average molecular weight is 258 g/mol. The third-order valence-electron chi connectivity index (χ3n) is 2.22. The molecule has 0 spiro atoms. The van der Waals surface area contributed by atoms with Gasteiger partial charge >= 0.3 is 0 Å². The number of benzene rings is 1. The van der Waals surface area contributed by atoms with Gasteiger partial charge in [-0.2, -0.15) is 0 Å². The predicted octanol–water partition coefficient (Wildman–Crippen LogP) is 0.228. The molecular formula is C10H14N2O4S. The van der Waals surface area contributed by atoms with E-state index in [-0.39, 0.29) is 16.4 Å². The molecule has 0 unspecified atom stereocenters. The number of rotatable bonds is 4. The van der Waals surface area contributed by atoms with Crippen molar-refractivity contribution in [2.24, 2.45) is 0 Å². The maximum Gasteiger partial charge on any atom is 0.264 e. The summed E-state index contributed by atoms with van der Waals surface area (Å²) in [6, 6.07) is 5.73. The normalized spacial score (nSPS) is 11.5. The van der Waals surface area contributed by atoms with E-state index in [4.69, 9.17) is 0 Å². The minimum atomic E-state index is -3.72. The Labute approximate surface area is 100 Å². The highest BCUT2D eigenvalue weighted by atomic mass is 32.2. The second kappa shape index (κ2) is 5.26.